The molecule has 1 N–H and O–H groups in total. The van der Waals surface area contributed by atoms with Crippen LogP contribution in [0.25, 0.3) is 16.5 Å². The first kappa shape index (κ1) is 20.9. The lowest BCUT2D eigenvalue weighted by atomic mass is 10.1. The molecule has 2 aromatic carbocycles. The van der Waals surface area contributed by atoms with Gasteiger partial charge in [0.15, 0.2) is 5.69 Å². The third-order valence-electron chi connectivity index (χ3n) is 4.91. The van der Waals surface area contributed by atoms with Crippen LogP contribution in [0.1, 0.15) is 36.1 Å². The Morgan fingerprint density at radius 3 is 2.34 bits per heavy atom. The lowest BCUT2D eigenvalue weighted by Gasteiger charge is -2.14. The predicted molar refractivity (Wildman–Crippen MR) is 119 cm³/mol. The average molecular weight is 432 g/mol. The normalized spacial score (nSPS) is 11.1. The van der Waals surface area contributed by atoms with Gasteiger partial charge in [0.25, 0.3) is 17.2 Å². The van der Waals surface area contributed by atoms with E-state index in [4.69, 9.17) is 0 Å². The number of nitrogens with one attached hydrogen (secondary N) is 1. The van der Waals surface area contributed by atoms with Crippen molar-refractivity contribution in [3.8, 4) is 5.69 Å². The van der Waals surface area contributed by atoms with Crippen molar-refractivity contribution in [2.75, 3.05) is 5.32 Å². The molecule has 0 saturated heterocycles. The number of nitrogens with zero attached hydrogens (tertiary/aromatic N) is 5. The number of nitro benzene ring substituents is 1. The number of nitro groups is 1. The molecule has 0 bridgehead atoms. The van der Waals surface area contributed by atoms with Crippen LogP contribution in [-0.4, -0.2) is 30.4 Å². The number of amides is 1. The first-order valence-corrected chi connectivity index (χ1v) is 9.90. The maximum absolute atomic E-state index is 13.2. The second kappa shape index (κ2) is 8.06. The van der Waals surface area contributed by atoms with E-state index in [0.29, 0.717) is 28.0 Å². The molecule has 4 aromatic rings. The molecule has 0 spiro atoms. The summed E-state index contributed by atoms with van der Waals surface area (Å²) >= 11 is 0. The number of carbonyl (C=O) groups excluding carboxylic acids is 1. The summed E-state index contributed by atoms with van der Waals surface area (Å²) in [6.07, 6.45) is 0. The molecule has 32 heavy (non-hydrogen) atoms. The van der Waals surface area contributed by atoms with Gasteiger partial charge in [0.2, 0.25) is 0 Å². The summed E-state index contributed by atoms with van der Waals surface area (Å²) in [5.74, 6) is -0.131. The van der Waals surface area contributed by atoms with E-state index >= 15 is 0 Å². The Morgan fingerprint density at radius 1 is 1.06 bits per heavy atom. The Hall–Kier alpha value is -4.34. The molecule has 0 aliphatic rings. The maximum atomic E-state index is 13.2. The Kier molecular flexibility index (Phi) is 5.27. The fraction of sp³-hybridized carbons (Fsp3) is 0.182. The van der Waals surface area contributed by atoms with Crippen molar-refractivity contribution in [1.82, 2.24) is 19.6 Å². The molecule has 0 fully saturated rings. The first-order chi connectivity index (χ1) is 15.3. The number of rotatable bonds is 5. The molecular formula is C22H20N6O4. The zero-order valence-corrected chi connectivity index (χ0v) is 17.6. The van der Waals surface area contributed by atoms with Crippen LogP contribution >= 0.6 is 0 Å². The van der Waals surface area contributed by atoms with E-state index in [-0.39, 0.29) is 23.0 Å². The minimum atomic E-state index is -0.501. The third-order valence-corrected chi connectivity index (χ3v) is 4.91. The summed E-state index contributed by atoms with van der Waals surface area (Å²) in [7, 11) is 0. The Morgan fingerprint density at radius 2 is 1.72 bits per heavy atom. The summed E-state index contributed by atoms with van der Waals surface area (Å²) in [6.45, 7) is 5.40. The van der Waals surface area contributed by atoms with Crippen LogP contribution in [0.4, 0.5) is 11.5 Å². The molecule has 0 radical (unpaired) electrons. The summed E-state index contributed by atoms with van der Waals surface area (Å²) < 4.78 is 2.77. The first-order valence-electron chi connectivity index (χ1n) is 9.90. The summed E-state index contributed by atoms with van der Waals surface area (Å²) in [5.41, 5.74) is 0.990. The molecule has 0 aliphatic carbocycles. The Labute approximate surface area is 182 Å². The Balaban J connectivity index is 1.76. The van der Waals surface area contributed by atoms with Gasteiger partial charge >= 0.3 is 0 Å². The fourth-order valence-corrected chi connectivity index (χ4v) is 3.40. The minimum Gasteiger partial charge on any atom is -0.305 e. The number of anilines is 1. The second-order valence-electron chi connectivity index (χ2n) is 7.55. The van der Waals surface area contributed by atoms with Gasteiger partial charge in [-0.05, 0) is 39.0 Å². The van der Waals surface area contributed by atoms with Gasteiger partial charge < -0.3 is 5.32 Å². The van der Waals surface area contributed by atoms with Crippen LogP contribution in [0, 0.1) is 17.0 Å². The number of carbonyl (C=O) groups is 1. The smallest absolute Gasteiger partial charge is 0.277 e. The quantitative estimate of drug-likeness (QED) is 0.379. The zero-order chi connectivity index (χ0) is 23.0. The lowest BCUT2D eigenvalue weighted by molar-refractivity contribution is -0.384. The number of aromatic nitrogens is 4. The minimum absolute atomic E-state index is 0.0465. The molecule has 10 heteroatoms. The second-order valence-corrected chi connectivity index (χ2v) is 7.55. The van der Waals surface area contributed by atoms with Gasteiger partial charge in [-0.2, -0.15) is 10.2 Å². The van der Waals surface area contributed by atoms with E-state index in [1.54, 1.807) is 49.4 Å². The number of benzene rings is 2. The zero-order valence-electron chi connectivity index (χ0n) is 17.6. The van der Waals surface area contributed by atoms with Gasteiger partial charge in [0.05, 0.1) is 27.7 Å². The van der Waals surface area contributed by atoms with E-state index < -0.39 is 10.8 Å². The van der Waals surface area contributed by atoms with Crippen LogP contribution in [0.3, 0.4) is 0 Å². The topological polar surface area (TPSA) is 125 Å². The molecule has 10 nitrogen and oxygen atoms in total. The van der Waals surface area contributed by atoms with Crippen LogP contribution in [0.2, 0.25) is 0 Å². The highest BCUT2D eigenvalue weighted by molar-refractivity contribution is 6.10. The Bertz CT molecular complexity index is 1400. The van der Waals surface area contributed by atoms with Crippen LogP contribution in [-0.2, 0) is 0 Å². The molecule has 2 aromatic heterocycles. The van der Waals surface area contributed by atoms with Gasteiger partial charge in [-0.3, -0.25) is 19.7 Å². The number of aryl methyl sites for hydroxylation is 1. The van der Waals surface area contributed by atoms with Crippen molar-refractivity contribution < 1.29 is 9.72 Å². The van der Waals surface area contributed by atoms with Crippen molar-refractivity contribution >= 4 is 28.2 Å². The van der Waals surface area contributed by atoms with Gasteiger partial charge in [-0.1, -0.05) is 18.2 Å². The van der Waals surface area contributed by atoms with Gasteiger partial charge in [0.1, 0.15) is 5.82 Å². The SMILES string of the molecule is Cc1cc(NC(=O)c2nn(C(C)C)c(=O)c3ccccc23)n(-c2ccc([N+](=O)[O-])cc2)n1. The third kappa shape index (κ3) is 3.73. The predicted octanol–water partition coefficient (Wildman–Crippen LogP) is 3.63. The number of fused-ring (bicyclic) bond motifs is 1. The van der Waals surface area contributed by atoms with Crippen molar-refractivity contribution in [3.05, 3.63) is 86.5 Å². The number of hydrogen-bond acceptors (Lipinski definition) is 6. The lowest BCUT2D eigenvalue weighted by Crippen LogP contribution is -2.29. The van der Waals surface area contributed by atoms with Gasteiger partial charge in [-0.25, -0.2) is 9.36 Å². The van der Waals surface area contributed by atoms with Crippen LogP contribution < -0.4 is 10.9 Å². The average Bonchev–Trinajstić information content (AvgIpc) is 3.13. The monoisotopic (exact) mass is 432 g/mol. The standard InChI is InChI=1S/C22H20N6O4/c1-13(2)26-22(30)18-7-5-4-6-17(18)20(25-26)21(29)23-19-12-14(3)24-27(19)15-8-10-16(11-9-15)28(31)32/h4-13H,1-3H3,(H,23,29). The van der Waals surface area contributed by atoms with Gasteiger partial charge in [0, 0.05) is 23.6 Å². The highest BCUT2D eigenvalue weighted by Crippen LogP contribution is 2.22. The van der Waals surface area contributed by atoms with Crippen molar-refractivity contribution in [2.45, 2.75) is 26.8 Å². The molecule has 0 saturated carbocycles. The van der Waals surface area contributed by atoms with E-state index in [1.807, 2.05) is 13.8 Å². The molecule has 162 valence electrons. The van der Waals surface area contributed by atoms with Crippen molar-refractivity contribution in [1.29, 1.82) is 0 Å². The highest BCUT2D eigenvalue weighted by atomic mass is 16.6. The van der Waals surface area contributed by atoms with E-state index in [1.165, 1.54) is 21.5 Å². The summed E-state index contributed by atoms with van der Waals surface area (Å²) in [6, 6.07) is 14.1. The fourth-order valence-electron chi connectivity index (χ4n) is 3.40. The molecule has 4 rings (SSSR count). The van der Waals surface area contributed by atoms with Gasteiger partial charge in [-0.15, -0.1) is 0 Å². The summed E-state index contributed by atoms with van der Waals surface area (Å²) in [5, 5.41) is 23.3. The number of non-ortho nitro benzene ring substituents is 1. The largest absolute Gasteiger partial charge is 0.305 e. The molecule has 0 aliphatic heterocycles. The van der Waals surface area contributed by atoms with E-state index in [2.05, 4.69) is 15.5 Å². The molecule has 1 amide bonds. The van der Waals surface area contributed by atoms with Crippen LogP contribution in [0.15, 0.2) is 59.4 Å². The van der Waals surface area contributed by atoms with Crippen molar-refractivity contribution in [3.63, 3.8) is 0 Å². The summed E-state index contributed by atoms with van der Waals surface area (Å²) in [4.78, 5) is 36.4. The number of hydrogen-bond donors (Lipinski definition) is 1. The van der Waals surface area contributed by atoms with E-state index in [0.717, 1.165) is 0 Å². The molecule has 0 atom stereocenters. The molecular weight excluding hydrogens is 412 g/mol. The maximum Gasteiger partial charge on any atom is 0.277 e. The van der Waals surface area contributed by atoms with E-state index in [9.17, 15) is 19.7 Å². The van der Waals surface area contributed by atoms with Crippen LogP contribution in [0.5, 0.6) is 0 Å². The van der Waals surface area contributed by atoms with Crippen molar-refractivity contribution in [2.24, 2.45) is 0 Å². The molecule has 2 heterocycles. The molecule has 0 unspecified atom stereocenters. The highest BCUT2D eigenvalue weighted by Gasteiger charge is 2.20.